The molecule has 0 aliphatic rings. The predicted octanol–water partition coefficient (Wildman–Crippen LogP) is 3.34. The molecule has 6 heteroatoms. The highest BCUT2D eigenvalue weighted by Gasteiger charge is 2.27. The Labute approximate surface area is 173 Å². The van der Waals surface area contributed by atoms with Crippen molar-refractivity contribution in [2.75, 3.05) is 0 Å². The number of halogens is 1. The summed E-state index contributed by atoms with van der Waals surface area (Å²) in [6.07, 6.45) is 0. The predicted molar refractivity (Wildman–Crippen MR) is 115 cm³/mol. The Balaban J connectivity index is 0.00000392. The molecule has 1 atom stereocenters. The molecule has 0 aliphatic carbocycles. The molecule has 0 unspecified atom stereocenters. The van der Waals surface area contributed by atoms with E-state index in [1.807, 2.05) is 64.1 Å². The van der Waals surface area contributed by atoms with Gasteiger partial charge in [-0.15, -0.1) is 12.4 Å². The van der Waals surface area contributed by atoms with E-state index in [9.17, 15) is 9.59 Å². The summed E-state index contributed by atoms with van der Waals surface area (Å²) in [5.74, 6) is -0.341. The number of amides is 2. The number of rotatable bonds is 6. The molecule has 28 heavy (non-hydrogen) atoms. The second-order valence-electron chi connectivity index (χ2n) is 7.93. The Hall–Kier alpha value is -2.37. The topological polar surface area (TPSA) is 84.2 Å². The molecular weight excluding hydrogens is 374 g/mol. The number of nitrogens with two attached hydrogens (primary N) is 1. The lowest BCUT2D eigenvalue weighted by atomic mass is 9.87. The van der Waals surface area contributed by atoms with Crippen molar-refractivity contribution in [1.29, 1.82) is 0 Å². The number of carbonyl (C=O) groups excluding carboxylic acids is 2. The van der Waals surface area contributed by atoms with E-state index in [4.69, 9.17) is 5.73 Å². The zero-order chi connectivity index (χ0) is 20.0. The minimum absolute atomic E-state index is 0. The molecule has 0 spiro atoms. The van der Waals surface area contributed by atoms with Crippen LogP contribution in [0.25, 0.3) is 0 Å². The molecule has 4 N–H and O–H groups in total. The third-order valence-electron chi connectivity index (χ3n) is 4.45. The normalized spacial score (nSPS) is 11.9. The van der Waals surface area contributed by atoms with E-state index in [0.717, 1.165) is 11.1 Å². The van der Waals surface area contributed by atoms with Gasteiger partial charge in [0, 0.05) is 18.7 Å². The van der Waals surface area contributed by atoms with Gasteiger partial charge in [0.15, 0.2) is 0 Å². The summed E-state index contributed by atoms with van der Waals surface area (Å²) in [4.78, 5) is 24.5. The number of hydrogen-bond acceptors (Lipinski definition) is 3. The molecule has 0 fully saturated rings. The molecule has 0 saturated heterocycles. The summed E-state index contributed by atoms with van der Waals surface area (Å²) in [6, 6.07) is 14.7. The van der Waals surface area contributed by atoms with Crippen LogP contribution in [-0.4, -0.2) is 17.9 Å². The van der Waals surface area contributed by atoms with Gasteiger partial charge in [0.25, 0.3) is 5.91 Å². The van der Waals surface area contributed by atoms with Crippen LogP contribution < -0.4 is 16.4 Å². The molecule has 2 rings (SSSR count). The molecular formula is C22H30ClN3O2. The second kappa shape index (κ2) is 10.2. The van der Waals surface area contributed by atoms with E-state index in [2.05, 4.69) is 10.6 Å². The summed E-state index contributed by atoms with van der Waals surface area (Å²) < 4.78 is 0. The van der Waals surface area contributed by atoms with Gasteiger partial charge in [-0.05, 0) is 35.6 Å². The highest BCUT2D eigenvalue weighted by Crippen LogP contribution is 2.17. The fourth-order valence-electron chi connectivity index (χ4n) is 2.51. The average Bonchev–Trinajstić information content (AvgIpc) is 2.64. The van der Waals surface area contributed by atoms with E-state index in [-0.39, 0.29) is 29.6 Å². The maximum Gasteiger partial charge on any atom is 0.251 e. The molecule has 0 heterocycles. The third kappa shape index (κ3) is 6.98. The average molecular weight is 404 g/mol. The molecule has 0 bridgehead atoms. The Bertz CT molecular complexity index is 798. The molecule has 0 aliphatic heterocycles. The highest BCUT2D eigenvalue weighted by atomic mass is 35.5. The van der Waals surface area contributed by atoms with Gasteiger partial charge in [0.1, 0.15) is 0 Å². The van der Waals surface area contributed by atoms with E-state index in [0.29, 0.717) is 18.7 Å². The van der Waals surface area contributed by atoms with Gasteiger partial charge in [-0.3, -0.25) is 9.59 Å². The van der Waals surface area contributed by atoms with Crippen molar-refractivity contribution in [3.05, 3.63) is 70.8 Å². The van der Waals surface area contributed by atoms with Crippen LogP contribution in [0.3, 0.4) is 0 Å². The van der Waals surface area contributed by atoms with E-state index < -0.39 is 6.04 Å². The largest absolute Gasteiger partial charge is 0.351 e. The molecule has 2 aromatic rings. The maximum absolute atomic E-state index is 12.4. The summed E-state index contributed by atoms with van der Waals surface area (Å²) in [7, 11) is 0. The molecule has 5 nitrogen and oxygen atoms in total. The van der Waals surface area contributed by atoms with Crippen molar-refractivity contribution >= 4 is 24.2 Å². The second-order valence-corrected chi connectivity index (χ2v) is 7.93. The van der Waals surface area contributed by atoms with Gasteiger partial charge in [-0.1, -0.05) is 62.7 Å². The van der Waals surface area contributed by atoms with Crippen LogP contribution in [0.5, 0.6) is 0 Å². The van der Waals surface area contributed by atoms with Gasteiger partial charge in [-0.25, -0.2) is 0 Å². The van der Waals surface area contributed by atoms with E-state index >= 15 is 0 Å². The van der Waals surface area contributed by atoms with Crippen molar-refractivity contribution in [1.82, 2.24) is 10.6 Å². The Kier molecular flexibility index (Phi) is 8.66. The molecule has 0 saturated carbocycles. The minimum atomic E-state index is -0.585. The van der Waals surface area contributed by atoms with Gasteiger partial charge < -0.3 is 16.4 Å². The van der Waals surface area contributed by atoms with Crippen LogP contribution in [0.1, 0.15) is 47.8 Å². The molecule has 0 aromatic heterocycles. The Morgan fingerprint density at radius 2 is 1.57 bits per heavy atom. The van der Waals surface area contributed by atoms with Crippen molar-refractivity contribution < 1.29 is 9.59 Å². The van der Waals surface area contributed by atoms with Gasteiger partial charge >= 0.3 is 0 Å². The summed E-state index contributed by atoms with van der Waals surface area (Å²) in [6.45, 7) is 8.62. The lowest BCUT2D eigenvalue weighted by molar-refractivity contribution is -0.124. The van der Waals surface area contributed by atoms with Crippen molar-refractivity contribution in [2.45, 2.75) is 46.8 Å². The highest BCUT2D eigenvalue weighted by molar-refractivity contribution is 5.94. The number of aryl methyl sites for hydroxylation is 1. The van der Waals surface area contributed by atoms with Gasteiger partial charge in [-0.2, -0.15) is 0 Å². The monoisotopic (exact) mass is 403 g/mol. The first-order valence-electron chi connectivity index (χ1n) is 9.13. The molecule has 2 aromatic carbocycles. The summed E-state index contributed by atoms with van der Waals surface area (Å²) >= 11 is 0. The van der Waals surface area contributed by atoms with Crippen LogP contribution in [0.15, 0.2) is 48.5 Å². The van der Waals surface area contributed by atoms with Crippen molar-refractivity contribution in [3.63, 3.8) is 0 Å². The molecule has 2 amide bonds. The molecule has 152 valence electrons. The van der Waals surface area contributed by atoms with E-state index in [1.54, 1.807) is 12.1 Å². The number of carbonyl (C=O) groups is 2. The maximum atomic E-state index is 12.4. The Morgan fingerprint density at radius 3 is 2.18 bits per heavy atom. The number of benzene rings is 2. The lowest BCUT2D eigenvalue weighted by Gasteiger charge is -2.25. The minimum Gasteiger partial charge on any atom is -0.351 e. The number of hydrogen-bond donors (Lipinski definition) is 3. The van der Waals surface area contributed by atoms with E-state index in [1.165, 1.54) is 5.56 Å². The lowest BCUT2D eigenvalue weighted by Crippen LogP contribution is -2.48. The van der Waals surface area contributed by atoms with Gasteiger partial charge in [0.2, 0.25) is 5.91 Å². The molecule has 0 radical (unpaired) electrons. The van der Waals surface area contributed by atoms with Crippen LogP contribution in [-0.2, 0) is 17.9 Å². The zero-order valence-electron chi connectivity index (χ0n) is 16.9. The van der Waals surface area contributed by atoms with Crippen LogP contribution in [0.2, 0.25) is 0 Å². The smallest absolute Gasteiger partial charge is 0.251 e. The Morgan fingerprint density at radius 1 is 0.964 bits per heavy atom. The zero-order valence-corrected chi connectivity index (χ0v) is 17.7. The standard InChI is InChI=1S/C22H29N3O2.ClH/c1-15-8-10-16(11-9-15)13-24-20(26)18-7-5-6-17(12-18)14-25-21(27)19(23)22(2,3)4;/h5-12,19H,13-14,23H2,1-4H3,(H,24,26)(H,25,27);1H/t19-;/m1./s1. The van der Waals surface area contributed by atoms with Crippen molar-refractivity contribution in [3.8, 4) is 0 Å². The van der Waals surface area contributed by atoms with Crippen molar-refractivity contribution in [2.24, 2.45) is 11.1 Å². The van der Waals surface area contributed by atoms with Crippen LogP contribution in [0.4, 0.5) is 0 Å². The first-order valence-corrected chi connectivity index (χ1v) is 9.13. The van der Waals surface area contributed by atoms with Crippen LogP contribution >= 0.6 is 12.4 Å². The fraction of sp³-hybridized carbons (Fsp3) is 0.364. The third-order valence-corrected chi connectivity index (χ3v) is 4.45. The van der Waals surface area contributed by atoms with Gasteiger partial charge in [0.05, 0.1) is 6.04 Å². The summed E-state index contributed by atoms with van der Waals surface area (Å²) in [5.41, 5.74) is 9.31. The van der Waals surface area contributed by atoms with Crippen LogP contribution in [0, 0.1) is 12.3 Å². The SMILES string of the molecule is Cc1ccc(CNC(=O)c2cccc(CNC(=O)[C@@H](N)C(C)(C)C)c2)cc1.Cl. The first-order chi connectivity index (χ1) is 12.7. The summed E-state index contributed by atoms with van der Waals surface area (Å²) in [5, 5.41) is 5.76. The quantitative estimate of drug-likeness (QED) is 0.691. The first kappa shape index (κ1) is 23.7. The fourth-order valence-corrected chi connectivity index (χ4v) is 2.51. The number of nitrogens with one attached hydrogen (secondary N) is 2.